The van der Waals surface area contributed by atoms with Crippen molar-refractivity contribution in [3.05, 3.63) is 54.6 Å². The molecule has 0 aromatic heterocycles. The maximum absolute atomic E-state index is 2.44. The van der Waals surface area contributed by atoms with Gasteiger partial charge in [-0.15, -0.1) is 0 Å². The molecule has 0 fully saturated rings. The Morgan fingerprint density at radius 3 is 2.22 bits per heavy atom. The van der Waals surface area contributed by atoms with Crippen molar-refractivity contribution in [3.63, 3.8) is 0 Å². The molecule has 0 nitrogen and oxygen atoms in total. The summed E-state index contributed by atoms with van der Waals surface area (Å²) in [4.78, 5) is 0. The third kappa shape index (κ3) is 2.72. The van der Waals surface area contributed by atoms with Gasteiger partial charge in [-0.1, -0.05) is 68.3 Å². The first-order valence-electron chi connectivity index (χ1n) is 6.39. The molecule has 90 valence electrons. The van der Waals surface area contributed by atoms with E-state index in [-0.39, 0.29) is 7.61 Å². The molecule has 1 unspecified atom stereocenters. The van der Waals surface area contributed by atoms with E-state index in [4.69, 9.17) is 0 Å². The molecule has 1 heterocycles. The maximum atomic E-state index is 2.44. The lowest BCUT2D eigenvalue weighted by Gasteiger charge is -2.16. The Balaban J connectivity index is 1.85. The van der Waals surface area contributed by atoms with Crippen molar-refractivity contribution >= 4 is 26.6 Å². The molecule has 0 saturated carbocycles. The molecule has 0 N–H and O–H groups in total. The molecule has 2 heteroatoms. The number of benzene rings is 2. The third-order valence-corrected chi connectivity index (χ3v) is 8.15. The van der Waals surface area contributed by atoms with Gasteiger partial charge in [0.05, 0.1) is 0 Å². The molecule has 0 saturated heterocycles. The quantitative estimate of drug-likeness (QED) is 0.679. The first kappa shape index (κ1) is 12.1. The van der Waals surface area contributed by atoms with Crippen LogP contribution in [0.4, 0.5) is 0 Å². The second kappa shape index (κ2) is 5.79. The highest BCUT2D eigenvalue weighted by Crippen LogP contribution is 2.51. The van der Waals surface area contributed by atoms with Crippen molar-refractivity contribution in [2.24, 2.45) is 0 Å². The van der Waals surface area contributed by atoms with Crippen molar-refractivity contribution in [1.82, 2.24) is 0 Å². The van der Waals surface area contributed by atoms with Gasteiger partial charge in [0, 0.05) is 0 Å². The Hall–Kier alpha value is -0.960. The monoisotopic (exact) mass is 270 g/mol. The number of hydrogen-bond donors (Lipinski definition) is 0. The minimum Gasteiger partial charge on any atom is -0.0755 e. The average molecular weight is 270 g/mol. The summed E-state index contributed by atoms with van der Waals surface area (Å²) in [6, 6.07) is 19.8. The third-order valence-electron chi connectivity index (χ3n) is 3.20. The highest BCUT2D eigenvalue weighted by atomic mass is 32.0. The zero-order valence-electron chi connectivity index (χ0n) is 10.3. The smallest absolute Gasteiger partial charge is 0.0155 e. The molecule has 2 aromatic carbocycles. The van der Waals surface area contributed by atoms with Gasteiger partial charge in [-0.2, -0.15) is 0 Å². The SMILES string of the molecule is C1=PP(c2ccc(-c3ccccc3)cc2)CCC1. The summed E-state index contributed by atoms with van der Waals surface area (Å²) in [5.41, 5.74) is 2.64. The lowest BCUT2D eigenvalue weighted by atomic mass is 10.1. The summed E-state index contributed by atoms with van der Waals surface area (Å²) in [6.07, 6.45) is 4.08. The van der Waals surface area contributed by atoms with Crippen molar-refractivity contribution in [2.75, 3.05) is 6.16 Å². The number of hydrogen-bond acceptors (Lipinski definition) is 0. The molecule has 1 aliphatic heterocycles. The van der Waals surface area contributed by atoms with Crippen LogP contribution >= 0.6 is 15.5 Å². The molecule has 0 spiro atoms. The molecule has 0 radical (unpaired) electrons. The fourth-order valence-electron chi connectivity index (χ4n) is 2.20. The minimum atomic E-state index is 0.0685. The van der Waals surface area contributed by atoms with Crippen LogP contribution < -0.4 is 5.30 Å². The van der Waals surface area contributed by atoms with E-state index < -0.39 is 0 Å². The first-order valence-corrected chi connectivity index (χ1v) is 9.58. The van der Waals surface area contributed by atoms with E-state index in [0.717, 1.165) is 0 Å². The maximum Gasteiger partial charge on any atom is -0.0155 e. The van der Waals surface area contributed by atoms with Crippen LogP contribution in [0.15, 0.2) is 54.6 Å². The zero-order chi connectivity index (χ0) is 12.2. The molecular weight excluding hydrogens is 254 g/mol. The summed E-state index contributed by atoms with van der Waals surface area (Å²) >= 11 is 0. The highest BCUT2D eigenvalue weighted by Gasteiger charge is 2.10. The molecule has 0 amide bonds. The molecule has 18 heavy (non-hydrogen) atoms. The summed E-state index contributed by atoms with van der Waals surface area (Å²) in [5, 5.41) is 1.56. The second-order valence-electron chi connectivity index (χ2n) is 4.48. The van der Waals surface area contributed by atoms with E-state index in [0.29, 0.717) is 0 Å². The Labute approximate surface area is 112 Å². The predicted molar refractivity (Wildman–Crippen MR) is 85.5 cm³/mol. The van der Waals surface area contributed by atoms with E-state index >= 15 is 0 Å². The lowest BCUT2D eigenvalue weighted by molar-refractivity contribution is 1.03. The molecule has 3 rings (SSSR count). The first-order chi connectivity index (χ1) is 8.93. The van der Waals surface area contributed by atoms with Gasteiger partial charge in [-0.25, -0.2) is 0 Å². The molecule has 0 aliphatic carbocycles. The van der Waals surface area contributed by atoms with Gasteiger partial charge in [-0.3, -0.25) is 0 Å². The van der Waals surface area contributed by atoms with Gasteiger partial charge in [0.15, 0.2) is 0 Å². The molecule has 1 aliphatic rings. The Bertz CT molecular complexity index is 529. The highest BCUT2D eigenvalue weighted by molar-refractivity contribution is 8.24. The van der Waals surface area contributed by atoms with Crippen LogP contribution in [0.1, 0.15) is 12.8 Å². The van der Waals surface area contributed by atoms with Crippen LogP contribution in [-0.4, -0.2) is 12.0 Å². The van der Waals surface area contributed by atoms with Crippen LogP contribution in [0, 0.1) is 0 Å². The number of rotatable bonds is 2. The summed E-state index contributed by atoms with van der Waals surface area (Å²) in [7, 11) is 1.63. The van der Waals surface area contributed by atoms with Gasteiger partial charge < -0.3 is 0 Å². The molecular formula is C16H16P2. The van der Waals surface area contributed by atoms with Crippen molar-refractivity contribution in [2.45, 2.75) is 12.8 Å². The van der Waals surface area contributed by atoms with Crippen LogP contribution in [0.3, 0.4) is 0 Å². The van der Waals surface area contributed by atoms with Crippen LogP contribution in [0.25, 0.3) is 11.1 Å². The standard InChI is InChI=1S/C16H16P2/c1-2-6-14(7-3-1)15-8-10-16(11-9-15)18-13-5-4-12-17-18/h1-3,6-12H,4-5,13H2. The Kier molecular flexibility index (Phi) is 3.89. The molecule has 0 bridgehead atoms. The van der Waals surface area contributed by atoms with Gasteiger partial charge in [0.1, 0.15) is 0 Å². The topological polar surface area (TPSA) is 0 Å². The van der Waals surface area contributed by atoms with E-state index in [1.165, 1.54) is 30.1 Å². The van der Waals surface area contributed by atoms with Crippen molar-refractivity contribution in [1.29, 1.82) is 0 Å². The Morgan fingerprint density at radius 1 is 0.833 bits per heavy atom. The fourth-order valence-corrected chi connectivity index (χ4v) is 6.68. The Morgan fingerprint density at radius 2 is 1.56 bits per heavy atom. The van der Waals surface area contributed by atoms with Gasteiger partial charge >= 0.3 is 0 Å². The van der Waals surface area contributed by atoms with E-state index in [1.54, 1.807) is 13.2 Å². The lowest BCUT2D eigenvalue weighted by Crippen LogP contribution is -2.01. The summed E-state index contributed by atoms with van der Waals surface area (Å²) in [6.45, 7) is 0. The van der Waals surface area contributed by atoms with Crippen molar-refractivity contribution < 1.29 is 0 Å². The van der Waals surface area contributed by atoms with Crippen LogP contribution in [0.5, 0.6) is 0 Å². The minimum absolute atomic E-state index is 0.0685. The van der Waals surface area contributed by atoms with Gasteiger partial charge in [-0.05, 0) is 43.0 Å². The van der Waals surface area contributed by atoms with Crippen molar-refractivity contribution in [3.8, 4) is 11.1 Å². The fraction of sp³-hybridized carbons (Fsp3) is 0.188. The summed E-state index contributed by atoms with van der Waals surface area (Å²) < 4.78 is 0. The van der Waals surface area contributed by atoms with Gasteiger partial charge in [0.25, 0.3) is 0 Å². The van der Waals surface area contributed by atoms with E-state index in [9.17, 15) is 0 Å². The largest absolute Gasteiger partial charge is 0.0755 e. The average Bonchev–Trinajstić information content (AvgIpc) is 2.49. The predicted octanol–water partition coefficient (Wildman–Crippen LogP) is 4.92. The van der Waals surface area contributed by atoms with Gasteiger partial charge in [0.2, 0.25) is 0 Å². The molecule has 1 atom stereocenters. The van der Waals surface area contributed by atoms with Crippen LogP contribution in [-0.2, 0) is 0 Å². The summed E-state index contributed by atoms with van der Waals surface area (Å²) in [5.74, 6) is 2.44. The van der Waals surface area contributed by atoms with E-state index in [2.05, 4.69) is 60.4 Å². The zero-order valence-corrected chi connectivity index (χ0v) is 12.1. The normalized spacial score (nSPS) is 19.7. The molecule has 2 aromatic rings. The van der Waals surface area contributed by atoms with E-state index in [1.807, 2.05) is 0 Å². The second-order valence-corrected chi connectivity index (χ2v) is 8.98. The van der Waals surface area contributed by atoms with Crippen LogP contribution in [0.2, 0.25) is 0 Å².